The number of amides is 1. The van der Waals surface area contributed by atoms with Crippen LogP contribution in [0.3, 0.4) is 0 Å². The Labute approximate surface area is 185 Å². The first-order valence-corrected chi connectivity index (χ1v) is 10.7. The first-order valence-electron chi connectivity index (χ1n) is 10.7. The molecule has 1 fully saturated rings. The molecule has 6 heteroatoms. The molecule has 0 bridgehead atoms. The summed E-state index contributed by atoms with van der Waals surface area (Å²) in [6, 6.07) is 20.2. The molecule has 2 heterocycles. The summed E-state index contributed by atoms with van der Waals surface area (Å²) < 4.78 is 17.4. The van der Waals surface area contributed by atoms with E-state index < -0.39 is 0 Å². The minimum absolute atomic E-state index is 0.135. The second-order valence-electron chi connectivity index (χ2n) is 8.03. The van der Waals surface area contributed by atoms with Crippen LogP contribution in [0.5, 0.6) is 0 Å². The van der Waals surface area contributed by atoms with Crippen molar-refractivity contribution in [3.63, 3.8) is 0 Å². The van der Waals surface area contributed by atoms with Gasteiger partial charge in [-0.15, -0.1) is 0 Å². The number of nitriles is 1. The standard InChI is InChI=1S/C26H21FN4O/c1-17-22-12-13-23(19-8-10-20(11-9-19)30-14-3-2-7-24(30)32)25(27)26(22)31(29-17)21-6-4-5-18(15-21)16-28/h4-6,8-13,15H,2-3,7,14H2,1H3. The van der Waals surface area contributed by atoms with Crippen LogP contribution in [-0.4, -0.2) is 22.2 Å². The third-order valence-corrected chi connectivity index (χ3v) is 6.00. The topological polar surface area (TPSA) is 61.9 Å². The predicted molar refractivity (Wildman–Crippen MR) is 122 cm³/mol. The van der Waals surface area contributed by atoms with E-state index >= 15 is 4.39 Å². The van der Waals surface area contributed by atoms with Crippen molar-refractivity contribution in [1.29, 1.82) is 5.26 Å². The summed E-state index contributed by atoms with van der Waals surface area (Å²) in [4.78, 5) is 14.0. The van der Waals surface area contributed by atoms with Gasteiger partial charge in [0.1, 0.15) is 5.52 Å². The highest BCUT2D eigenvalue weighted by Crippen LogP contribution is 2.33. The molecule has 0 N–H and O–H groups in total. The zero-order valence-electron chi connectivity index (χ0n) is 17.7. The molecule has 158 valence electrons. The van der Waals surface area contributed by atoms with Crippen LogP contribution in [0, 0.1) is 24.1 Å². The monoisotopic (exact) mass is 424 g/mol. The lowest BCUT2D eigenvalue weighted by atomic mass is 10.0. The van der Waals surface area contributed by atoms with E-state index in [4.69, 9.17) is 0 Å². The van der Waals surface area contributed by atoms with Gasteiger partial charge in [-0.1, -0.05) is 30.3 Å². The van der Waals surface area contributed by atoms with E-state index in [0.717, 1.165) is 36.0 Å². The van der Waals surface area contributed by atoms with E-state index in [1.807, 2.05) is 43.3 Å². The van der Waals surface area contributed by atoms with Crippen molar-refractivity contribution in [3.05, 3.63) is 77.7 Å². The van der Waals surface area contributed by atoms with Crippen LogP contribution in [-0.2, 0) is 4.79 Å². The largest absolute Gasteiger partial charge is 0.312 e. The van der Waals surface area contributed by atoms with Crippen molar-refractivity contribution in [2.75, 3.05) is 11.4 Å². The molecule has 3 aromatic carbocycles. The Morgan fingerprint density at radius 2 is 1.84 bits per heavy atom. The van der Waals surface area contributed by atoms with Crippen molar-refractivity contribution in [1.82, 2.24) is 9.78 Å². The molecule has 0 spiro atoms. The maximum Gasteiger partial charge on any atom is 0.226 e. The number of hydrogen-bond acceptors (Lipinski definition) is 3. The SMILES string of the molecule is Cc1nn(-c2cccc(C#N)c2)c2c(F)c(-c3ccc(N4CCCCC4=O)cc3)ccc12. The lowest BCUT2D eigenvalue weighted by Crippen LogP contribution is -2.35. The average Bonchev–Trinajstić information content (AvgIpc) is 3.17. The van der Waals surface area contributed by atoms with E-state index in [1.165, 1.54) is 0 Å². The zero-order valence-corrected chi connectivity index (χ0v) is 17.7. The lowest BCUT2D eigenvalue weighted by Gasteiger charge is -2.26. The normalized spacial score (nSPS) is 14.0. The molecule has 4 aromatic rings. The number of halogens is 1. The van der Waals surface area contributed by atoms with Gasteiger partial charge < -0.3 is 4.90 Å². The maximum atomic E-state index is 15.8. The van der Waals surface area contributed by atoms with E-state index in [0.29, 0.717) is 34.4 Å². The molecule has 1 aliphatic rings. The van der Waals surface area contributed by atoms with Gasteiger partial charge in [0.15, 0.2) is 5.82 Å². The fourth-order valence-corrected chi connectivity index (χ4v) is 4.33. The quantitative estimate of drug-likeness (QED) is 0.434. The number of benzene rings is 3. The highest BCUT2D eigenvalue weighted by molar-refractivity contribution is 5.94. The minimum atomic E-state index is -0.368. The summed E-state index contributed by atoms with van der Waals surface area (Å²) >= 11 is 0. The van der Waals surface area contributed by atoms with Crippen LogP contribution in [0.4, 0.5) is 10.1 Å². The van der Waals surface area contributed by atoms with Gasteiger partial charge in [-0.25, -0.2) is 9.07 Å². The number of fused-ring (bicyclic) bond motifs is 1. The van der Waals surface area contributed by atoms with Crippen LogP contribution >= 0.6 is 0 Å². The number of piperidine rings is 1. The van der Waals surface area contributed by atoms with Crippen molar-refractivity contribution >= 4 is 22.5 Å². The third-order valence-electron chi connectivity index (χ3n) is 6.00. The molecule has 32 heavy (non-hydrogen) atoms. The van der Waals surface area contributed by atoms with Crippen molar-refractivity contribution in [3.8, 4) is 22.9 Å². The number of carbonyl (C=O) groups is 1. The predicted octanol–water partition coefficient (Wildman–Crippen LogP) is 5.53. The highest BCUT2D eigenvalue weighted by Gasteiger charge is 2.21. The van der Waals surface area contributed by atoms with Gasteiger partial charge in [-0.05, 0) is 55.7 Å². The van der Waals surface area contributed by atoms with Gasteiger partial charge in [0, 0.05) is 29.6 Å². The number of carbonyl (C=O) groups excluding carboxylic acids is 1. The molecular formula is C26H21FN4O. The van der Waals surface area contributed by atoms with Crippen LogP contribution in [0.1, 0.15) is 30.5 Å². The van der Waals surface area contributed by atoms with Crippen molar-refractivity contribution < 1.29 is 9.18 Å². The Hall–Kier alpha value is -3.98. The Balaban J connectivity index is 1.59. The molecule has 0 atom stereocenters. The second-order valence-corrected chi connectivity index (χ2v) is 8.03. The Morgan fingerprint density at radius 3 is 2.59 bits per heavy atom. The van der Waals surface area contributed by atoms with Gasteiger partial charge in [0.2, 0.25) is 5.91 Å². The second kappa shape index (κ2) is 7.93. The Morgan fingerprint density at radius 1 is 1.03 bits per heavy atom. The first-order chi connectivity index (χ1) is 15.6. The molecule has 0 unspecified atom stereocenters. The van der Waals surface area contributed by atoms with Crippen molar-refractivity contribution in [2.45, 2.75) is 26.2 Å². The number of aromatic nitrogens is 2. The number of anilines is 1. The summed E-state index contributed by atoms with van der Waals surface area (Å²) in [6.45, 7) is 2.56. The molecule has 0 aliphatic carbocycles. The van der Waals surface area contributed by atoms with Crippen LogP contribution in [0.15, 0.2) is 60.7 Å². The molecule has 0 saturated carbocycles. The molecule has 5 rings (SSSR count). The minimum Gasteiger partial charge on any atom is -0.312 e. The summed E-state index contributed by atoms with van der Waals surface area (Å²) in [7, 11) is 0. The smallest absolute Gasteiger partial charge is 0.226 e. The first kappa shape index (κ1) is 20.0. The fourth-order valence-electron chi connectivity index (χ4n) is 4.33. The molecule has 1 aromatic heterocycles. The summed E-state index contributed by atoms with van der Waals surface area (Å²) in [5.41, 5.74) is 4.26. The van der Waals surface area contributed by atoms with Gasteiger partial charge in [0.25, 0.3) is 0 Å². The molecule has 1 aliphatic heterocycles. The number of nitrogens with zero attached hydrogens (tertiary/aromatic N) is 4. The summed E-state index contributed by atoms with van der Waals surface area (Å²) in [5, 5.41) is 14.5. The summed E-state index contributed by atoms with van der Waals surface area (Å²) in [5.74, 6) is -0.233. The molecular weight excluding hydrogens is 403 g/mol. The average molecular weight is 424 g/mol. The van der Waals surface area contributed by atoms with E-state index in [2.05, 4.69) is 11.2 Å². The maximum absolute atomic E-state index is 15.8. The molecule has 1 amide bonds. The van der Waals surface area contributed by atoms with Gasteiger partial charge in [-0.3, -0.25) is 4.79 Å². The number of aryl methyl sites for hydroxylation is 1. The van der Waals surface area contributed by atoms with Crippen LogP contribution in [0.25, 0.3) is 27.7 Å². The van der Waals surface area contributed by atoms with E-state index in [1.54, 1.807) is 33.8 Å². The van der Waals surface area contributed by atoms with Gasteiger partial charge >= 0.3 is 0 Å². The highest BCUT2D eigenvalue weighted by atomic mass is 19.1. The van der Waals surface area contributed by atoms with Gasteiger partial charge in [-0.2, -0.15) is 10.4 Å². The van der Waals surface area contributed by atoms with Crippen LogP contribution < -0.4 is 4.90 Å². The Bertz CT molecular complexity index is 1380. The summed E-state index contributed by atoms with van der Waals surface area (Å²) in [6.07, 6.45) is 2.50. The van der Waals surface area contributed by atoms with Gasteiger partial charge in [0.05, 0.1) is 23.0 Å². The number of hydrogen-bond donors (Lipinski definition) is 0. The van der Waals surface area contributed by atoms with E-state index in [-0.39, 0.29) is 11.7 Å². The molecule has 5 nitrogen and oxygen atoms in total. The van der Waals surface area contributed by atoms with Crippen LogP contribution in [0.2, 0.25) is 0 Å². The molecule has 1 saturated heterocycles. The van der Waals surface area contributed by atoms with E-state index in [9.17, 15) is 10.1 Å². The van der Waals surface area contributed by atoms with Crippen molar-refractivity contribution in [2.24, 2.45) is 0 Å². The fraction of sp³-hybridized carbons (Fsp3) is 0.192. The Kier molecular flexibility index (Phi) is 4.95. The number of rotatable bonds is 3. The zero-order chi connectivity index (χ0) is 22.2. The molecule has 0 radical (unpaired) electrons. The lowest BCUT2D eigenvalue weighted by molar-refractivity contribution is -0.119. The third kappa shape index (κ3) is 3.32.